The van der Waals surface area contributed by atoms with Crippen LogP contribution in [0.1, 0.15) is 17.4 Å². The maximum atomic E-state index is 11.5. The SMILES string of the molecule is CCOC(=O)c1ncn(-c2cnn(C)c2)c1N. The number of imidazole rings is 1. The Morgan fingerprint density at radius 1 is 1.59 bits per heavy atom. The molecule has 17 heavy (non-hydrogen) atoms. The number of carbonyl (C=O) groups excluding carboxylic acids is 1. The van der Waals surface area contributed by atoms with Gasteiger partial charge in [-0.3, -0.25) is 9.25 Å². The molecule has 7 nitrogen and oxygen atoms in total. The summed E-state index contributed by atoms with van der Waals surface area (Å²) in [5, 5.41) is 4.02. The van der Waals surface area contributed by atoms with Crippen molar-refractivity contribution < 1.29 is 9.53 Å². The van der Waals surface area contributed by atoms with Crippen LogP contribution in [-0.4, -0.2) is 31.9 Å². The molecular weight excluding hydrogens is 222 g/mol. The molecule has 0 radical (unpaired) electrons. The summed E-state index contributed by atoms with van der Waals surface area (Å²) in [5.74, 6) is -0.274. The summed E-state index contributed by atoms with van der Waals surface area (Å²) >= 11 is 0. The van der Waals surface area contributed by atoms with Crippen LogP contribution in [0.5, 0.6) is 0 Å². The lowest BCUT2D eigenvalue weighted by molar-refractivity contribution is 0.0521. The summed E-state index contributed by atoms with van der Waals surface area (Å²) in [7, 11) is 1.79. The van der Waals surface area contributed by atoms with E-state index in [9.17, 15) is 4.79 Å². The quantitative estimate of drug-likeness (QED) is 0.776. The Morgan fingerprint density at radius 3 is 2.94 bits per heavy atom. The normalized spacial score (nSPS) is 10.5. The van der Waals surface area contributed by atoms with Gasteiger partial charge < -0.3 is 10.5 Å². The predicted octanol–water partition coefficient (Wildman–Crippen LogP) is 0.365. The van der Waals surface area contributed by atoms with Crippen molar-refractivity contribution in [2.75, 3.05) is 12.3 Å². The molecule has 0 atom stereocenters. The van der Waals surface area contributed by atoms with Crippen molar-refractivity contribution in [2.24, 2.45) is 7.05 Å². The van der Waals surface area contributed by atoms with Gasteiger partial charge in [0.05, 0.1) is 18.5 Å². The van der Waals surface area contributed by atoms with E-state index in [2.05, 4.69) is 10.1 Å². The third-order valence-corrected chi connectivity index (χ3v) is 2.24. The van der Waals surface area contributed by atoms with Gasteiger partial charge in [0, 0.05) is 13.2 Å². The van der Waals surface area contributed by atoms with E-state index >= 15 is 0 Å². The lowest BCUT2D eigenvalue weighted by Gasteiger charge is -2.02. The molecule has 7 heteroatoms. The summed E-state index contributed by atoms with van der Waals surface area (Å²) in [6.07, 6.45) is 4.87. The van der Waals surface area contributed by atoms with Crippen LogP contribution < -0.4 is 5.73 Å². The zero-order valence-electron chi connectivity index (χ0n) is 9.62. The number of esters is 1. The number of hydrogen-bond donors (Lipinski definition) is 1. The number of nitrogens with two attached hydrogens (primary N) is 1. The molecule has 90 valence electrons. The predicted molar refractivity (Wildman–Crippen MR) is 60.7 cm³/mol. The zero-order chi connectivity index (χ0) is 12.4. The van der Waals surface area contributed by atoms with Crippen molar-refractivity contribution in [3.05, 3.63) is 24.4 Å². The Morgan fingerprint density at radius 2 is 2.35 bits per heavy atom. The number of aryl methyl sites for hydroxylation is 1. The molecule has 0 amide bonds. The van der Waals surface area contributed by atoms with Crippen LogP contribution in [0.2, 0.25) is 0 Å². The highest BCUT2D eigenvalue weighted by Gasteiger charge is 2.17. The van der Waals surface area contributed by atoms with Crippen LogP contribution in [0.3, 0.4) is 0 Å². The monoisotopic (exact) mass is 235 g/mol. The van der Waals surface area contributed by atoms with E-state index in [1.54, 1.807) is 35.6 Å². The largest absolute Gasteiger partial charge is 0.461 e. The van der Waals surface area contributed by atoms with Gasteiger partial charge in [-0.15, -0.1) is 0 Å². The highest BCUT2D eigenvalue weighted by molar-refractivity contribution is 5.92. The minimum absolute atomic E-state index is 0.121. The van der Waals surface area contributed by atoms with E-state index in [0.29, 0.717) is 0 Å². The molecule has 0 fully saturated rings. The van der Waals surface area contributed by atoms with Crippen LogP contribution in [0.4, 0.5) is 5.82 Å². The fraction of sp³-hybridized carbons (Fsp3) is 0.300. The summed E-state index contributed by atoms with van der Waals surface area (Å²) in [6, 6.07) is 0. The number of rotatable bonds is 3. The second-order valence-electron chi connectivity index (χ2n) is 3.44. The summed E-state index contributed by atoms with van der Waals surface area (Å²) in [5.41, 5.74) is 6.70. The molecule has 0 spiro atoms. The summed E-state index contributed by atoms with van der Waals surface area (Å²) in [4.78, 5) is 15.5. The third kappa shape index (κ3) is 1.99. The van der Waals surface area contributed by atoms with Crippen LogP contribution >= 0.6 is 0 Å². The van der Waals surface area contributed by atoms with Gasteiger partial charge in [-0.2, -0.15) is 5.10 Å². The second kappa shape index (κ2) is 4.28. The average molecular weight is 235 g/mol. The van der Waals surface area contributed by atoms with Crippen molar-refractivity contribution >= 4 is 11.8 Å². The number of ether oxygens (including phenoxy) is 1. The van der Waals surface area contributed by atoms with E-state index in [-0.39, 0.29) is 18.1 Å². The van der Waals surface area contributed by atoms with E-state index in [4.69, 9.17) is 10.5 Å². The molecular formula is C10H13N5O2. The third-order valence-electron chi connectivity index (χ3n) is 2.24. The van der Waals surface area contributed by atoms with Crippen LogP contribution in [-0.2, 0) is 11.8 Å². The molecule has 0 bridgehead atoms. The number of hydrogen-bond acceptors (Lipinski definition) is 5. The Hall–Kier alpha value is -2.31. The molecule has 0 aromatic carbocycles. The van der Waals surface area contributed by atoms with Gasteiger partial charge in [0.1, 0.15) is 12.1 Å². The van der Waals surface area contributed by atoms with E-state index < -0.39 is 5.97 Å². The molecule has 2 rings (SSSR count). The van der Waals surface area contributed by atoms with Crippen molar-refractivity contribution in [3.8, 4) is 5.69 Å². The summed E-state index contributed by atoms with van der Waals surface area (Å²) < 4.78 is 8.07. The Balaban J connectivity index is 2.36. The number of carbonyl (C=O) groups is 1. The van der Waals surface area contributed by atoms with Crippen LogP contribution in [0, 0.1) is 0 Å². The standard InChI is InChI=1S/C10H13N5O2/c1-3-17-10(16)8-9(11)15(6-12-8)7-4-13-14(2)5-7/h4-6H,3,11H2,1-2H3. The first-order valence-electron chi connectivity index (χ1n) is 5.12. The van der Waals surface area contributed by atoms with Crippen molar-refractivity contribution in [3.63, 3.8) is 0 Å². The maximum absolute atomic E-state index is 11.5. The second-order valence-corrected chi connectivity index (χ2v) is 3.44. The fourth-order valence-corrected chi connectivity index (χ4v) is 1.45. The Labute approximate surface area is 97.8 Å². The van der Waals surface area contributed by atoms with Gasteiger partial charge in [0.2, 0.25) is 0 Å². The van der Waals surface area contributed by atoms with Crippen molar-refractivity contribution in [1.82, 2.24) is 19.3 Å². The highest BCUT2D eigenvalue weighted by atomic mass is 16.5. The molecule has 2 aromatic heterocycles. The van der Waals surface area contributed by atoms with Crippen LogP contribution in [0.15, 0.2) is 18.7 Å². The minimum atomic E-state index is -0.521. The van der Waals surface area contributed by atoms with Crippen LogP contribution in [0.25, 0.3) is 5.69 Å². The molecule has 0 aliphatic heterocycles. The smallest absolute Gasteiger partial charge is 0.360 e. The van der Waals surface area contributed by atoms with Crippen molar-refractivity contribution in [2.45, 2.75) is 6.92 Å². The zero-order valence-corrected chi connectivity index (χ0v) is 9.62. The van der Waals surface area contributed by atoms with Gasteiger partial charge in [0.15, 0.2) is 5.69 Å². The topological polar surface area (TPSA) is 88.0 Å². The van der Waals surface area contributed by atoms with Gasteiger partial charge in [-0.1, -0.05) is 0 Å². The van der Waals surface area contributed by atoms with Gasteiger partial charge >= 0.3 is 5.97 Å². The molecule has 0 aliphatic carbocycles. The molecule has 0 aliphatic rings. The Kier molecular flexibility index (Phi) is 2.82. The average Bonchev–Trinajstić information content (AvgIpc) is 2.85. The maximum Gasteiger partial charge on any atom is 0.360 e. The first-order chi connectivity index (χ1) is 8.13. The summed E-state index contributed by atoms with van der Waals surface area (Å²) in [6.45, 7) is 2.02. The minimum Gasteiger partial charge on any atom is -0.461 e. The number of anilines is 1. The van der Waals surface area contributed by atoms with E-state index in [1.165, 1.54) is 6.33 Å². The molecule has 0 saturated carbocycles. The first-order valence-corrected chi connectivity index (χ1v) is 5.12. The number of nitrogen functional groups attached to an aromatic ring is 1. The molecule has 2 heterocycles. The molecule has 0 unspecified atom stereocenters. The Bertz CT molecular complexity index is 543. The fourth-order valence-electron chi connectivity index (χ4n) is 1.45. The van der Waals surface area contributed by atoms with E-state index in [0.717, 1.165) is 5.69 Å². The lowest BCUT2D eigenvalue weighted by atomic mass is 10.4. The van der Waals surface area contributed by atoms with Crippen molar-refractivity contribution in [1.29, 1.82) is 0 Å². The molecule has 0 saturated heterocycles. The van der Waals surface area contributed by atoms with E-state index in [1.807, 2.05) is 0 Å². The molecule has 2 N–H and O–H groups in total. The highest BCUT2D eigenvalue weighted by Crippen LogP contribution is 2.16. The molecule has 2 aromatic rings. The van der Waals surface area contributed by atoms with Gasteiger partial charge in [-0.25, -0.2) is 9.78 Å². The number of aromatic nitrogens is 4. The van der Waals surface area contributed by atoms with Gasteiger partial charge in [0.25, 0.3) is 0 Å². The van der Waals surface area contributed by atoms with Gasteiger partial charge in [-0.05, 0) is 6.92 Å². The lowest BCUT2D eigenvalue weighted by Crippen LogP contribution is -2.09. The number of nitrogens with zero attached hydrogens (tertiary/aromatic N) is 4. The first kappa shape index (κ1) is 11.2.